The van der Waals surface area contributed by atoms with E-state index < -0.39 is 7.14 Å². The van der Waals surface area contributed by atoms with Crippen LogP contribution in [0.2, 0.25) is 0 Å². The van der Waals surface area contributed by atoms with Crippen molar-refractivity contribution in [3.8, 4) is 11.1 Å². The molecule has 2 aliphatic carbocycles. The lowest BCUT2D eigenvalue weighted by atomic mass is 9.87. The molecule has 0 aliphatic heterocycles. The quantitative estimate of drug-likeness (QED) is 0.241. The Hall–Kier alpha value is -3.67. The van der Waals surface area contributed by atoms with Crippen LogP contribution in [0.15, 0.2) is 121 Å². The highest BCUT2D eigenvalue weighted by molar-refractivity contribution is 7.85. The molecule has 0 fully saturated rings. The molecule has 5 aromatic rings. The van der Waals surface area contributed by atoms with Crippen molar-refractivity contribution in [2.45, 2.75) is 25.7 Å². The van der Waals surface area contributed by atoms with Gasteiger partial charge in [0.2, 0.25) is 0 Å². The molecule has 2 aliphatic rings. The lowest BCUT2D eigenvalue weighted by Gasteiger charge is -2.27. The highest BCUT2D eigenvalue weighted by atomic mass is 31.2. The van der Waals surface area contributed by atoms with Crippen LogP contribution in [0.5, 0.6) is 0 Å². The minimum Gasteiger partial charge on any atom is -0.309 e. The molecule has 174 valence electrons. The van der Waals surface area contributed by atoms with Gasteiger partial charge in [0.05, 0.1) is 0 Å². The number of fused-ring (bicyclic) bond motifs is 3. The van der Waals surface area contributed by atoms with E-state index in [-0.39, 0.29) is 0 Å². The fraction of sp³-hybridized carbons (Fsp3) is 0.118. The van der Waals surface area contributed by atoms with E-state index in [1.54, 1.807) is 5.57 Å². The standard InChI is InChI=1S/C34H27OP/c35-36(26-16-6-2-7-17-26,27-18-8-3-9-19-27)34-30-21-11-10-20-29(30)32(24-13-4-1-5-14-24)33-28-22-12-15-25(28)23-31(33)34/h1-11,13-14,16-21H,12,15,22-23H2. The van der Waals surface area contributed by atoms with Gasteiger partial charge in [-0.1, -0.05) is 121 Å². The average molecular weight is 483 g/mol. The van der Waals surface area contributed by atoms with Gasteiger partial charge in [0, 0.05) is 15.9 Å². The zero-order chi connectivity index (χ0) is 24.1. The fourth-order valence-electron chi connectivity index (χ4n) is 6.44. The summed E-state index contributed by atoms with van der Waals surface area (Å²) in [5, 5.41) is 5.17. The Morgan fingerprint density at radius 1 is 0.556 bits per heavy atom. The maximum absolute atomic E-state index is 15.7. The molecule has 5 aromatic carbocycles. The highest BCUT2D eigenvalue weighted by Gasteiger charge is 2.39. The van der Waals surface area contributed by atoms with Gasteiger partial charge in [-0.15, -0.1) is 0 Å². The first-order chi connectivity index (χ1) is 17.8. The molecule has 0 bridgehead atoms. The molecule has 0 N–H and O–H groups in total. The summed E-state index contributed by atoms with van der Waals surface area (Å²) in [4.78, 5) is 0. The Balaban J connectivity index is 1.67. The third-order valence-electron chi connectivity index (χ3n) is 7.93. The SMILES string of the molecule is O=P(c1ccccc1)(c1ccccc1)c1c2c(c(-c3ccccc3)c3ccccc13)C1=C(CCC1)C2. The molecule has 0 saturated carbocycles. The largest absolute Gasteiger partial charge is 0.309 e. The maximum atomic E-state index is 15.7. The second kappa shape index (κ2) is 8.47. The van der Waals surface area contributed by atoms with E-state index >= 15 is 4.57 Å². The molecule has 0 atom stereocenters. The van der Waals surface area contributed by atoms with Gasteiger partial charge in [-0.25, -0.2) is 0 Å². The summed E-state index contributed by atoms with van der Waals surface area (Å²) in [6.45, 7) is 0. The minimum atomic E-state index is -3.14. The van der Waals surface area contributed by atoms with Crippen molar-refractivity contribution < 1.29 is 4.57 Å². The molecule has 0 saturated heterocycles. The average Bonchev–Trinajstić information content (AvgIpc) is 3.55. The number of allylic oxidation sites excluding steroid dienone is 2. The van der Waals surface area contributed by atoms with Crippen LogP contribution >= 0.6 is 7.14 Å². The summed E-state index contributed by atoms with van der Waals surface area (Å²) in [6, 6.07) is 39.7. The van der Waals surface area contributed by atoms with Crippen LogP contribution in [-0.4, -0.2) is 0 Å². The van der Waals surface area contributed by atoms with E-state index in [2.05, 4.69) is 78.9 Å². The second-order valence-electron chi connectivity index (χ2n) is 9.88. The topological polar surface area (TPSA) is 17.1 Å². The number of benzene rings is 5. The van der Waals surface area contributed by atoms with Gasteiger partial charge in [-0.05, 0) is 64.3 Å². The van der Waals surface area contributed by atoms with Gasteiger partial charge in [0.1, 0.15) is 0 Å². The molecule has 0 radical (unpaired) electrons. The van der Waals surface area contributed by atoms with Crippen molar-refractivity contribution in [2.75, 3.05) is 0 Å². The van der Waals surface area contributed by atoms with Crippen LogP contribution in [-0.2, 0) is 11.0 Å². The summed E-state index contributed by atoms with van der Waals surface area (Å²) in [5.74, 6) is 0. The molecule has 0 heterocycles. The predicted octanol–water partition coefficient (Wildman–Crippen LogP) is 7.64. The van der Waals surface area contributed by atoms with Crippen molar-refractivity contribution in [1.82, 2.24) is 0 Å². The summed E-state index contributed by atoms with van der Waals surface area (Å²) < 4.78 is 15.7. The third-order valence-corrected chi connectivity index (χ3v) is 11.1. The van der Waals surface area contributed by atoms with Gasteiger partial charge < -0.3 is 4.57 Å². The van der Waals surface area contributed by atoms with Crippen molar-refractivity contribution in [3.05, 3.63) is 132 Å². The van der Waals surface area contributed by atoms with Crippen LogP contribution in [0.3, 0.4) is 0 Å². The molecule has 0 amide bonds. The van der Waals surface area contributed by atoms with Crippen molar-refractivity contribution in [2.24, 2.45) is 0 Å². The van der Waals surface area contributed by atoms with Gasteiger partial charge >= 0.3 is 0 Å². The van der Waals surface area contributed by atoms with E-state index in [0.717, 1.165) is 40.6 Å². The molecular weight excluding hydrogens is 455 g/mol. The molecule has 36 heavy (non-hydrogen) atoms. The smallest absolute Gasteiger partial charge is 0.171 e. The number of hydrogen-bond donors (Lipinski definition) is 0. The molecule has 2 heteroatoms. The van der Waals surface area contributed by atoms with Crippen LogP contribution in [0.25, 0.3) is 27.5 Å². The Morgan fingerprint density at radius 2 is 1.11 bits per heavy atom. The van der Waals surface area contributed by atoms with E-state index in [4.69, 9.17) is 0 Å². The van der Waals surface area contributed by atoms with Crippen LogP contribution in [0.1, 0.15) is 30.4 Å². The van der Waals surface area contributed by atoms with Crippen molar-refractivity contribution in [3.63, 3.8) is 0 Å². The zero-order valence-corrected chi connectivity index (χ0v) is 21.0. The lowest BCUT2D eigenvalue weighted by molar-refractivity contribution is 0.592. The monoisotopic (exact) mass is 482 g/mol. The first-order valence-electron chi connectivity index (χ1n) is 12.8. The predicted molar refractivity (Wildman–Crippen MR) is 153 cm³/mol. The minimum absolute atomic E-state index is 0.906. The van der Waals surface area contributed by atoms with E-state index in [0.29, 0.717) is 0 Å². The van der Waals surface area contributed by atoms with E-state index in [1.165, 1.54) is 39.6 Å². The van der Waals surface area contributed by atoms with Gasteiger partial charge in [-0.2, -0.15) is 0 Å². The first kappa shape index (κ1) is 21.6. The maximum Gasteiger partial charge on any atom is 0.171 e. The second-order valence-corrected chi connectivity index (χ2v) is 12.6. The van der Waals surface area contributed by atoms with Gasteiger partial charge in [-0.3, -0.25) is 0 Å². The normalized spacial score (nSPS) is 14.8. The molecule has 0 aromatic heterocycles. The van der Waals surface area contributed by atoms with Gasteiger partial charge in [0.25, 0.3) is 0 Å². The molecule has 7 rings (SSSR count). The van der Waals surface area contributed by atoms with E-state index in [9.17, 15) is 0 Å². The van der Waals surface area contributed by atoms with Crippen molar-refractivity contribution >= 4 is 39.4 Å². The molecule has 0 unspecified atom stereocenters. The van der Waals surface area contributed by atoms with Crippen LogP contribution < -0.4 is 15.9 Å². The Kier molecular flexibility index (Phi) is 5.08. The number of hydrogen-bond acceptors (Lipinski definition) is 1. The first-order valence-corrected chi connectivity index (χ1v) is 14.5. The lowest BCUT2D eigenvalue weighted by Crippen LogP contribution is -2.28. The van der Waals surface area contributed by atoms with Crippen LogP contribution in [0.4, 0.5) is 0 Å². The zero-order valence-electron chi connectivity index (χ0n) is 20.2. The summed E-state index contributed by atoms with van der Waals surface area (Å²) >= 11 is 0. The van der Waals surface area contributed by atoms with Crippen LogP contribution in [0, 0.1) is 0 Å². The van der Waals surface area contributed by atoms with Gasteiger partial charge in [0.15, 0.2) is 7.14 Å². The molecule has 0 spiro atoms. The number of rotatable bonds is 4. The third kappa shape index (κ3) is 3.13. The Morgan fingerprint density at radius 3 is 1.75 bits per heavy atom. The summed E-state index contributed by atoms with van der Waals surface area (Å²) in [6.07, 6.45) is 4.39. The Labute approximate surface area is 212 Å². The molecule has 1 nitrogen and oxygen atoms in total. The fourth-order valence-corrected chi connectivity index (χ4v) is 9.55. The van der Waals surface area contributed by atoms with Crippen molar-refractivity contribution in [1.29, 1.82) is 0 Å². The van der Waals surface area contributed by atoms with E-state index in [1.807, 2.05) is 36.4 Å². The molecular formula is C34H27OP. The summed E-state index contributed by atoms with van der Waals surface area (Å²) in [7, 11) is -3.14. The highest BCUT2D eigenvalue weighted by Crippen LogP contribution is 2.54. The summed E-state index contributed by atoms with van der Waals surface area (Å²) in [5.41, 5.74) is 8.24. The Bertz CT molecular complexity index is 1640.